The molecule has 20 heavy (non-hydrogen) atoms. The third kappa shape index (κ3) is 2.11. The second-order valence-corrected chi connectivity index (χ2v) is 8.33. The zero-order chi connectivity index (χ0) is 14.4. The van der Waals surface area contributed by atoms with Gasteiger partial charge in [0.15, 0.2) is 9.84 Å². The van der Waals surface area contributed by atoms with Crippen LogP contribution in [0.15, 0.2) is 18.5 Å². The molecule has 2 atom stereocenters. The summed E-state index contributed by atoms with van der Waals surface area (Å²) in [6, 6.07) is 1.75. The minimum Gasteiger partial charge on any atom is -0.495 e. The molecule has 3 rings (SSSR count). The molecule has 0 aliphatic carbocycles. The van der Waals surface area contributed by atoms with E-state index in [4.69, 9.17) is 4.74 Å². The molecule has 1 N–H and O–H groups in total. The van der Waals surface area contributed by atoms with E-state index in [9.17, 15) is 13.5 Å². The van der Waals surface area contributed by atoms with Crippen LogP contribution in [-0.4, -0.2) is 36.1 Å². The Hall–Kier alpha value is -1.14. The number of hydrogen-bond acceptors (Lipinski definition) is 5. The second-order valence-electron chi connectivity index (χ2n) is 5.82. The first kappa shape index (κ1) is 13.8. The maximum absolute atomic E-state index is 12.3. The molecule has 2 aliphatic rings. The SMILES string of the molecule is COc1cncc(C2(O)CC3CCCC(C2)S3(=O)=O)c1. The van der Waals surface area contributed by atoms with E-state index in [-0.39, 0.29) is 12.8 Å². The van der Waals surface area contributed by atoms with Crippen LogP contribution in [0, 0.1) is 0 Å². The number of nitrogens with zero attached hydrogens (tertiary/aromatic N) is 1. The maximum atomic E-state index is 12.3. The normalized spacial score (nSPS) is 35.5. The van der Waals surface area contributed by atoms with Crippen LogP contribution in [0.25, 0.3) is 0 Å². The molecule has 2 bridgehead atoms. The molecule has 0 saturated carbocycles. The lowest BCUT2D eigenvalue weighted by Gasteiger charge is -2.43. The van der Waals surface area contributed by atoms with Crippen LogP contribution in [-0.2, 0) is 15.4 Å². The number of fused-ring (bicyclic) bond motifs is 2. The van der Waals surface area contributed by atoms with Gasteiger partial charge in [0.2, 0.25) is 0 Å². The van der Waals surface area contributed by atoms with Crippen LogP contribution >= 0.6 is 0 Å². The van der Waals surface area contributed by atoms with Gasteiger partial charge in [-0.05, 0) is 31.7 Å². The molecule has 0 spiro atoms. The molecule has 0 aromatic carbocycles. The van der Waals surface area contributed by atoms with Crippen molar-refractivity contribution in [3.63, 3.8) is 0 Å². The number of hydrogen-bond donors (Lipinski definition) is 1. The summed E-state index contributed by atoms with van der Waals surface area (Å²) < 4.78 is 29.7. The molecular formula is C14H19NO4S. The predicted molar refractivity (Wildman–Crippen MR) is 74.3 cm³/mol. The van der Waals surface area contributed by atoms with Gasteiger partial charge in [0.25, 0.3) is 0 Å². The summed E-state index contributed by atoms with van der Waals surface area (Å²) in [4.78, 5) is 4.07. The van der Waals surface area contributed by atoms with Gasteiger partial charge in [-0.25, -0.2) is 8.42 Å². The molecule has 0 amide bonds. The van der Waals surface area contributed by atoms with Gasteiger partial charge < -0.3 is 9.84 Å². The molecule has 2 saturated heterocycles. The fourth-order valence-electron chi connectivity index (χ4n) is 3.47. The van der Waals surface area contributed by atoms with Gasteiger partial charge >= 0.3 is 0 Å². The highest BCUT2D eigenvalue weighted by molar-refractivity contribution is 7.92. The lowest BCUT2D eigenvalue weighted by Crippen LogP contribution is -2.50. The predicted octanol–water partition coefficient (Wildman–Crippen LogP) is 1.41. The van der Waals surface area contributed by atoms with Gasteiger partial charge in [-0.3, -0.25) is 4.98 Å². The average molecular weight is 297 g/mol. The zero-order valence-corrected chi connectivity index (χ0v) is 12.3. The molecule has 110 valence electrons. The fourth-order valence-corrected chi connectivity index (χ4v) is 6.02. The van der Waals surface area contributed by atoms with Crippen LogP contribution in [0.5, 0.6) is 5.75 Å². The van der Waals surface area contributed by atoms with E-state index in [0.29, 0.717) is 24.2 Å². The van der Waals surface area contributed by atoms with E-state index in [1.165, 1.54) is 0 Å². The van der Waals surface area contributed by atoms with Crippen molar-refractivity contribution < 1.29 is 18.3 Å². The van der Waals surface area contributed by atoms with Crippen molar-refractivity contribution in [3.05, 3.63) is 24.0 Å². The van der Waals surface area contributed by atoms with Crippen molar-refractivity contribution in [1.82, 2.24) is 4.98 Å². The molecule has 2 aliphatic heterocycles. The van der Waals surface area contributed by atoms with E-state index < -0.39 is 25.9 Å². The van der Waals surface area contributed by atoms with Gasteiger partial charge in [-0.2, -0.15) is 0 Å². The maximum Gasteiger partial charge on any atom is 0.156 e. The van der Waals surface area contributed by atoms with Crippen LogP contribution in [0.2, 0.25) is 0 Å². The van der Waals surface area contributed by atoms with Crippen LogP contribution in [0.3, 0.4) is 0 Å². The summed E-state index contributed by atoms with van der Waals surface area (Å²) in [5.74, 6) is 0.578. The number of rotatable bonds is 2. The van der Waals surface area contributed by atoms with Gasteiger partial charge in [-0.1, -0.05) is 6.42 Å². The highest BCUT2D eigenvalue weighted by atomic mass is 32.2. The summed E-state index contributed by atoms with van der Waals surface area (Å²) in [6.45, 7) is 0. The largest absolute Gasteiger partial charge is 0.495 e. The highest BCUT2D eigenvalue weighted by Crippen LogP contribution is 2.46. The van der Waals surface area contributed by atoms with E-state index in [1.54, 1.807) is 25.6 Å². The van der Waals surface area contributed by atoms with E-state index in [0.717, 1.165) is 6.42 Å². The molecule has 1 aromatic rings. The quantitative estimate of drug-likeness (QED) is 0.893. The monoisotopic (exact) mass is 297 g/mol. The molecule has 0 radical (unpaired) electrons. The molecule has 3 heterocycles. The molecule has 1 aromatic heterocycles. The van der Waals surface area contributed by atoms with Crippen molar-refractivity contribution in [2.45, 2.75) is 48.2 Å². The zero-order valence-electron chi connectivity index (χ0n) is 11.4. The van der Waals surface area contributed by atoms with Crippen molar-refractivity contribution in [2.75, 3.05) is 7.11 Å². The standard InChI is InChI=1S/C14H19NO4S/c1-19-11-5-10(8-15-9-11)14(16)6-12-3-2-4-13(7-14)20(12,17)18/h5,8-9,12-13,16H,2-4,6-7H2,1H3. The summed E-state index contributed by atoms with van der Waals surface area (Å²) in [6.07, 6.45) is 5.95. The minimum absolute atomic E-state index is 0.265. The van der Waals surface area contributed by atoms with Crippen molar-refractivity contribution in [1.29, 1.82) is 0 Å². The van der Waals surface area contributed by atoms with Crippen LogP contribution in [0.4, 0.5) is 0 Å². The van der Waals surface area contributed by atoms with Gasteiger partial charge in [0, 0.05) is 11.8 Å². The van der Waals surface area contributed by atoms with Gasteiger partial charge in [0.1, 0.15) is 5.75 Å². The Morgan fingerprint density at radius 3 is 2.55 bits per heavy atom. The first-order valence-electron chi connectivity index (χ1n) is 6.90. The number of pyridine rings is 1. The van der Waals surface area contributed by atoms with Crippen LogP contribution in [0.1, 0.15) is 37.7 Å². The Morgan fingerprint density at radius 2 is 1.95 bits per heavy atom. The van der Waals surface area contributed by atoms with Crippen LogP contribution < -0.4 is 4.74 Å². The topological polar surface area (TPSA) is 76.5 Å². The average Bonchev–Trinajstić information content (AvgIpc) is 2.41. The number of ether oxygens (including phenoxy) is 1. The van der Waals surface area contributed by atoms with Crippen molar-refractivity contribution >= 4 is 9.84 Å². The first-order chi connectivity index (χ1) is 9.45. The minimum atomic E-state index is -3.07. The van der Waals surface area contributed by atoms with E-state index >= 15 is 0 Å². The highest BCUT2D eigenvalue weighted by Gasteiger charge is 2.51. The summed E-state index contributed by atoms with van der Waals surface area (Å²) in [7, 11) is -1.53. The molecule has 5 nitrogen and oxygen atoms in total. The third-order valence-corrected chi connectivity index (χ3v) is 7.26. The third-order valence-electron chi connectivity index (χ3n) is 4.60. The van der Waals surface area contributed by atoms with Crippen molar-refractivity contribution in [3.8, 4) is 5.75 Å². The van der Waals surface area contributed by atoms with Crippen molar-refractivity contribution in [2.24, 2.45) is 0 Å². The smallest absolute Gasteiger partial charge is 0.156 e. The number of aliphatic hydroxyl groups is 1. The number of aromatic nitrogens is 1. The fraction of sp³-hybridized carbons (Fsp3) is 0.643. The Balaban J connectivity index is 1.97. The summed E-state index contributed by atoms with van der Waals surface area (Å²) in [5.41, 5.74) is -0.452. The molecule has 6 heteroatoms. The molecule has 2 fully saturated rings. The van der Waals surface area contributed by atoms with Gasteiger partial charge in [0.05, 0.1) is 29.4 Å². The Labute approximate surface area is 118 Å². The Morgan fingerprint density at radius 1 is 1.30 bits per heavy atom. The van der Waals surface area contributed by atoms with Gasteiger partial charge in [-0.15, -0.1) is 0 Å². The molecule has 2 unspecified atom stereocenters. The Bertz CT molecular complexity index is 593. The lowest BCUT2D eigenvalue weighted by atomic mass is 9.81. The summed E-state index contributed by atoms with van der Waals surface area (Å²) >= 11 is 0. The number of methoxy groups -OCH3 is 1. The first-order valence-corrected chi connectivity index (χ1v) is 8.51. The van der Waals surface area contributed by atoms with E-state index in [1.807, 2.05) is 0 Å². The lowest BCUT2D eigenvalue weighted by molar-refractivity contribution is 0.00452. The number of sulfone groups is 1. The molecular weight excluding hydrogens is 278 g/mol. The Kier molecular flexibility index (Phi) is 3.25. The second kappa shape index (κ2) is 4.70. The van der Waals surface area contributed by atoms with E-state index in [2.05, 4.69) is 4.98 Å². The summed E-state index contributed by atoms with van der Waals surface area (Å²) in [5, 5.41) is 10.1.